The van der Waals surface area contributed by atoms with Crippen molar-refractivity contribution >= 4 is 23.2 Å². The van der Waals surface area contributed by atoms with E-state index >= 15 is 0 Å². The van der Waals surface area contributed by atoms with E-state index in [-0.39, 0.29) is 17.1 Å². The Kier molecular flexibility index (Phi) is 6.22. The molecule has 0 aromatic carbocycles. The lowest BCUT2D eigenvalue weighted by molar-refractivity contribution is -0.121. The van der Waals surface area contributed by atoms with E-state index in [1.54, 1.807) is 0 Å². The van der Waals surface area contributed by atoms with Crippen LogP contribution in [-0.2, 0) is 4.79 Å². The summed E-state index contributed by atoms with van der Waals surface area (Å²) in [6, 6.07) is 0.234. The van der Waals surface area contributed by atoms with Gasteiger partial charge in [-0.25, -0.2) is 0 Å². The van der Waals surface area contributed by atoms with Gasteiger partial charge in [0.2, 0.25) is 5.91 Å². The zero-order valence-electron chi connectivity index (χ0n) is 8.09. The average molecular weight is 203 g/mol. The minimum atomic E-state index is 0.0260. The molecule has 0 fully saturated rings. The van der Waals surface area contributed by atoms with E-state index in [2.05, 4.69) is 22.9 Å². The molecule has 0 radical (unpaired) electrons. The standard InChI is InChI=1S/C8H17N3OS/c1-3-6(2)11-7(12)4-5-10-8(9)13/h6H,3-5H2,1-2H3,(H,11,12)(H3,9,10,13). The van der Waals surface area contributed by atoms with Gasteiger partial charge in [0.15, 0.2) is 5.11 Å². The molecule has 4 nitrogen and oxygen atoms in total. The lowest BCUT2D eigenvalue weighted by Gasteiger charge is -2.11. The number of hydrogen-bond acceptors (Lipinski definition) is 2. The molecule has 0 aromatic rings. The molecule has 0 saturated carbocycles. The highest BCUT2D eigenvalue weighted by atomic mass is 32.1. The van der Waals surface area contributed by atoms with E-state index in [9.17, 15) is 4.79 Å². The topological polar surface area (TPSA) is 67.2 Å². The molecule has 76 valence electrons. The summed E-state index contributed by atoms with van der Waals surface area (Å²) < 4.78 is 0. The SMILES string of the molecule is CCC(C)NC(=O)CCNC(N)=S. The molecule has 0 aliphatic heterocycles. The molecule has 13 heavy (non-hydrogen) atoms. The Labute approximate surface area is 84.3 Å². The quantitative estimate of drug-likeness (QED) is 0.555. The lowest BCUT2D eigenvalue weighted by Crippen LogP contribution is -2.36. The molecular formula is C8H17N3OS. The zero-order valence-corrected chi connectivity index (χ0v) is 8.91. The summed E-state index contributed by atoms with van der Waals surface area (Å²) >= 11 is 4.59. The fourth-order valence-corrected chi connectivity index (χ4v) is 0.850. The monoisotopic (exact) mass is 203 g/mol. The zero-order chi connectivity index (χ0) is 10.3. The summed E-state index contributed by atoms with van der Waals surface area (Å²) in [4.78, 5) is 11.2. The Morgan fingerprint density at radius 3 is 2.69 bits per heavy atom. The lowest BCUT2D eigenvalue weighted by atomic mass is 10.2. The molecule has 0 spiro atoms. The largest absolute Gasteiger partial charge is 0.376 e. The fourth-order valence-electron chi connectivity index (χ4n) is 0.748. The Balaban J connectivity index is 3.46. The molecule has 0 aromatic heterocycles. The summed E-state index contributed by atoms with van der Waals surface area (Å²) in [5.41, 5.74) is 5.19. The van der Waals surface area contributed by atoms with Gasteiger partial charge in [-0.15, -0.1) is 0 Å². The second-order valence-corrected chi connectivity index (χ2v) is 3.36. The van der Waals surface area contributed by atoms with E-state index < -0.39 is 0 Å². The number of amides is 1. The number of thiocarbonyl (C=S) groups is 1. The predicted octanol–water partition coefficient (Wildman–Crippen LogP) is 0.124. The van der Waals surface area contributed by atoms with Gasteiger partial charge in [0.1, 0.15) is 0 Å². The fraction of sp³-hybridized carbons (Fsp3) is 0.750. The van der Waals surface area contributed by atoms with Crippen LogP contribution in [-0.4, -0.2) is 23.6 Å². The predicted molar refractivity (Wildman–Crippen MR) is 57.3 cm³/mol. The summed E-state index contributed by atoms with van der Waals surface area (Å²) in [7, 11) is 0. The molecule has 0 aliphatic rings. The van der Waals surface area contributed by atoms with Gasteiger partial charge in [0.25, 0.3) is 0 Å². The molecule has 0 heterocycles. The minimum absolute atomic E-state index is 0.0260. The number of rotatable bonds is 5. The summed E-state index contributed by atoms with van der Waals surface area (Å²) in [6.45, 7) is 4.49. The van der Waals surface area contributed by atoms with Crippen molar-refractivity contribution in [2.45, 2.75) is 32.7 Å². The first-order valence-electron chi connectivity index (χ1n) is 4.39. The maximum absolute atomic E-state index is 11.2. The van der Waals surface area contributed by atoms with E-state index in [0.29, 0.717) is 13.0 Å². The normalized spacial score (nSPS) is 11.8. The van der Waals surface area contributed by atoms with E-state index in [4.69, 9.17) is 5.73 Å². The Hall–Kier alpha value is -0.840. The number of hydrogen-bond donors (Lipinski definition) is 3. The van der Waals surface area contributed by atoms with Crippen LogP contribution in [0.4, 0.5) is 0 Å². The Bertz CT molecular complexity index is 184. The Morgan fingerprint density at radius 1 is 1.62 bits per heavy atom. The first kappa shape index (κ1) is 12.2. The second kappa shape index (κ2) is 6.65. The number of nitrogens with one attached hydrogen (secondary N) is 2. The van der Waals surface area contributed by atoms with Gasteiger partial charge < -0.3 is 16.4 Å². The summed E-state index contributed by atoms with van der Waals surface area (Å²) in [6.07, 6.45) is 1.34. The molecule has 5 heteroatoms. The van der Waals surface area contributed by atoms with Crippen LogP contribution in [0.5, 0.6) is 0 Å². The highest BCUT2D eigenvalue weighted by Gasteiger charge is 2.04. The summed E-state index contributed by atoms with van der Waals surface area (Å²) in [5, 5.41) is 5.79. The molecule has 1 atom stereocenters. The van der Waals surface area contributed by atoms with Crippen molar-refractivity contribution in [3.05, 3.63) is 0 Å². The highest BCUT2D eigenvalue weighted by molar-refractivity contribution is 7.80. The van der Waals surface area contributed by atoms with Gasteiger partial charge in [-0.2, -0.15) is 0 Å². The molecule has 4 N–H and O–H groups in total. The van der Waals surface area contributed by atoms with Gasteiger partial charge >= 0.3 is 0 Å². The van der Waals surface area contributed by atoms with Gasteiger partial charge in [0, 0.05) is 19.0 Å². The molecule has 0 saturated heterocycles. The maximum atomic E-state index is 11.2. The van der Waals surface area contributed by atoms with Gasteiger partial charge in [-0.1, -0.05) is 6.92 Å². The maximum Gasteiger partial charge on any atom is 0.221 e. The van der Waals surface area contributed by atoms with E-state index in [1.165, 1.54) is 0 Å². The van der Waals surface area contributed by atoms with Crippen LogP contribution in [0.3, 0.4) is 0 Å². The number of carbonyl (C=O) groups excluding carboxylic acids is 1. The Morgan fingerprint density at radius 2 is 2.23 bits per heavy atom. The van der Waals surface area contributed by atoms with Crippen molar-refractivity contribution in [3.8, 4) is 0 Å². The third-order valence-electron chi connectivity index (χ3n) is 1.67. The van der Waals surface area contributed by atoms with Crippen LogP contribution in [0.15, 0.2) is 0 Å². The van der Waals surface area contributed by atoms with Crippen LogP contribution in [0.25, 0.3) is 0 Å². The van der Waals surface area contributed by atoms with Crippen molar-refractivity contribution in [2.75, 3.05) is 6.54 Å². The van der Waals surface area contributed by atoms with Crippen molar-refractivity contribution < 1.29 is 4.79 Å². The van der Waals surface area contributed by atoms with E-state index in [0.717, 1.165) is 6.42 Å². The molecule has 1 amide bonds. The third kappa shape index (κ3) is 7.52. The van der Waals surface area contributed by atoms with Gasteiger partial charge in [0.05, 0.1) is 0 Å². The van der Waals surface area contributed by atoms with E-state index in [1.807, 2.05) is 13.8 Å². The molecule has 1 unspecified atom stereocenters. The van der Waals surface area contributed by atoms with Crippen molar-refractivity contribution in [1.82, 2.24) is 10.6 Å². The minimum Gasteiger partial charge on any atom is -0.376 e. The van der Waals surface area contributed by atoms with Crippen LogP contribution >= 0.6 is 12.2 Å². The van der Waals surface area contributed by atoms with Crippen LogP contribution in [0, 0.1) is 0 Å². The summed E-state index contributed by atoms with van der Waals surface area (Å²) in [5.74, 6) is 0.0260. The molecule has 0 rings (SSSR count). The highest BCUT2D eigenvalue weighted by Crippen LogP contribution is 1.88. The second-order valence-electron chi connectivity index (χ2n) is 2.92. The van der Waals surface area contributed by atoms with Gasteiger partial charge in [-0.05, 0) is 25.6 Å². The molecule has 0 aliphatic carbocycles. The van der Waals surface area contributed by atoms with Crippen molar-refractivity contribution in [1.29, 1.82) is 0 Å². The van der Waals surface area contributed by atoms with Gasteiger partial charge in [-0.3, -0.25) is 4.79 Å². The smallest absolute Gasteiger partial charge is 0.221 e. The molecular weight excluding hydrogens is 186 g/mol. The average Bonchev–Trinajstić information content (AvgIpc) is 2.03. The number of carbonyl (C=O) groups is 1. The first-order valence-corrected chi connectivity index (χ1v) is 4.79. The number of nitrogens with two attached hydrogens (primary N) is 1. The molecule has 0 bridgehead atoms. The first-order chi connectivity index (χ1) is 6.06. The van der Waals surface area contributed by atoms with Crippen LogP contribution in [0.2, 0.25) is 0 Å². The third-order valence-corrected chi connectivity index (χ3v) is 1.82. The van der Waals surface area contributed by atoms with Crippen molar-refractivity contribution in [3.63, 3.8) is 0 Å². The van der Waals surface area contributed by atoms with Crippen LogP contribution in [0.1, 0.15) is 26.7 Å². The van der Waals surface area contributed by atoms with Crippen LogP contribution < -0.4 is 16.4 Å². The van der Waals surface area contributed by atoms with Crippen molar-refractivity contribution in [2.24, 2.45) is 5.73 Å².